The molecule has 11 aromatic rings. The second-order valence-corrected chi connectivity index (χ2v) is 13.4. The molecule has 4 heteroatoms. The molecule has 0 fully saturated rings. The summed E-state index contributed by atoms with van der Waals surface area (Å²) in [7, 11) is 0. The molecule has 0 spiro atoms. The quantitative estimate of drug-likeness (QED) is 0.188. The molecule has 0 saturated carbocycles. The van der Waals surface area contributed by atoms with Crippen molar-refractivity contribution in [3.63, 3.8) is 0 Å². The van der Waals surface area contributed by atoms with Crippen LogP contribution in [-0.2, 0) is 0 Å². The van der Waals surface area contributed by atoms with E-state index in [-0.39, 0.29) is 0 Å². The van der Waals surface area contributed by atoms with Crippen molar-refractivity contribution in [2.24, 2.45) is 0 Å². The molecular weight excluding hydrogens is 633 g/mol. The maximum Gasteiger partial charge on any atom is 0.160 e. The fourth-order valence-electron chi connectivity index (χ4n) is 8.27. The van der Waals surface area contributed by atoms with Gasteiger partial charge in [0.2, 0.25) is 0 Å². The van der Waals surface area contributed by atoms with E-state index in [0.717, 1.165) is 44.4 Å². The molecule has 0 saturated heterocycles. The normalized spacial score (nSPS) is 11.8. The minimum absolute atomic E-state index is 0.709. The van der Waals surface area contributed by atoms with Gasteiger partial charge < -0.3 is 9.13 Å². The molecule has 8 aromatic carbocycles. The highest BCUT2D eigenvalue weighted by Crippen LogP contribution is 2.43. The average molecular weight is 663 g/mol. The van der Waals surface area contributed by atoms with E-state index in [2.05, 4.69) is 179 Å². The Morgan fingerprint density at radius 3 is 1.73 bits per heavy atom. The molecule has 242 valence electrons. The van der Waals surface area contributed by atoms with E-state index in [1.165, 1.54) is 49.0 Å². The molecule has 0 N–H and O–H groups in total. The van der Waals surface area contributed by atoms with Crippen LogP contribution in [0.5, 0.6) is 0 Å². The van der Waals surface area contributed by atoms with Gasteiger partial charge in [-0.05, 0) is 53.9 Å². The predicted octanol–water partition coefficient (Wildman–Crippen LogP) is 12.3. The summed E-state index contributed by atoms with van der Waals surface area (Å²) in [5.74, 6) is 0.709. The van der Waals surface area contributed by atoms with E-state index in [1.807, 2.05) is 12.1 Å². The van der Waals surface area contributed by atoms with Gasteiger partial charge in [-0.25, -0.2) is 9.97 Å². The molecule has 0 bridgehead atoms. The van der Waals surface area contributed by atoms with Crippen LogP contribution in [0.2, 0.25) is 0 Å². The maximum absolute atomic E-state index is 5.19. The first-order valence-electron chi connectivity index (χ1n) is 17.7. The number of para-hydroxylation sites is 3. The topological polar surface area (TPSA) is 35.6 Å². The second-order valence-electron chi connectivity index (χ2n) is 13.4. The summed E-state index contributed by atoms with van der Waals surface area (Å²) >= 11 is 0. The third-order valence-corrected chi connectivity index (χ3v) is 10.5. The van der Waals surface area contributed by atoms with Gasteiger partial charge in [-0.1, -0.05) is 133 Å². The standard InChI is InChI=1S/C48H30N4/c1-2-15-32(16-3-1)47-36-21-6-9-24-39(36)49-48(50-47)33-18-12-19-34(30-33)51-41-25-10-7-22-37(41)45-43(51)28-29-44-46(45)38-23-8-11-26-42(38)52(44)40-27-13-17-31-14-4-5-20-35(31)40/h1-30H. The molecule has 0 aliphatic carbocycles. The van der Waals surface area contributed by atoms with Crippen molar-refractivity contribution in [1.29, 1.82) is 0 Å². The van der Waals surface area contributed by atoms with Crippen LogP contribution >= 0.6 is 0 Å². The third kappa shape index (κ3) is 4.21. The number of rotatable bonds is 4. The first-order valence-corrected chi connectivity index (χ1v) is 17.7. The summed E-state index contributed by atoms with van der Waals surface area (Å²) in [6.45, 7) is 0. The number of fused-ring (bicyclic) bond motifs is 9. The first-order chi connectivity index (χ1) is 25.8. The second kappa shape index (κ2) is 11.2. The van der Waals surface area contributed by atoms with Gasteiger partial charge in [0.05, 0.1) is 39.0 Å². The minimum Gasteiger partial charge on any atom is -0.309 e. The first kappa shape index (κ1) is 28.8. The Morgan fingerprint density at radius 2 is 0.942 bits per heavy atom. The molecule has 11 rings (SSSR count). The molecule has 3 aromatic heterocycles. The molecule has 0 radical (unpaired) electrons. The summed E-state index contributed by atoms with van der Waals surface area (Å²) in [5, 5.41) is 8.49. The van der Waals surface area contributed by atoms with E-state index < -0.39 is 0 Å². The molecule has 0 atom stereocenters. The fraction of sp³-hybridized carbons (Fsp3) is 0. The third-order valence-electron chi connectivity index (χ3n) is 10.5. The van der Waals surface area contributed by atoms with Crippen LogP contribution in [0.4, 0.5) is 0 Å². The lowest BCUT2D eigenvalue weighted by molar-refractivity contribution is 1.17. The van der Waals surface area contributed by atoms with Gasteiger partial charge in [-0.3, -0.25) is 0 Å². The van der Waals surface area contributed by atoms with Gasteiger partial charge in [-0.15, -0.1) is 0 Å². The van der Waals surface area contributed by atoms with Crippen molar-refractivity contribution in [2.75, 3.05) is 0 Å². The Bertz CT molecular complexity index is 3180. The van der Waals surface area contributed by atoms with Crippen molar-refractivity contribution < 1.29 is 0 Å². The zero-order valence-corrected chi connectivity index (χ0v) is 28.1. The summed E-state index contributed by atoms with van der Waals surface area (Å²) in [5.41, 5.74) is 10.9. The Balaban J connectivity index is 1.18. The molecule has 52 heavy (non-hydrogen) atoms. The number of benzene rings is 8. The number of aromatic nitrogens is 4. The Hall–Kier alpha value is -7.04. The van der Waals surface area contributed by atoms with Crippen molar-refractivity contribution >= 4 is 65.3 Å². The fourth-order valence-corrected chi connectivity index (χ4v) is 8.27. The Morgan fingerprint density at radius 1 is 0.365 bits per heavy atom. The van der Waals surface area contributed by atoms with E-state index in [0.29, 0.717) is 5.82 Å². The minimum atomic E-state index is 0.709. The molecule has 0 aliphatic rings. The Kier molecular flexibility index (Phi) is 6.22. The van der Waals surface area contributed by atoms with Crippen LogP contribution in [0.3, 0.4) is 0 Å². The van der Waals surface area contributed by atoms with Gasteiger partial charge in [0.1, 0.15) is 0 Å². The molecule has 4 nitrogen and oxygen atoms in total. The highest BCUT2D eigenvalue weighted by Gasteiger charge is 2.21. The van der Waals surface area contributed by atoms with Crippen molar-refractivity contribution in [2.45, 2.75) is 0 Å². The summed E-state index contributed by atoms with van der Waals surface area (Å²) in [6.07, 6.45) is 0. The van der Waals surface area contributed by atoms with Crippen molar-refractivity contribution in [3.05, 3.63) is 182 Å². The Labute approximate surface area is 299 Å². The molecule has 0 amide bonds. The number of hydrogen-bond donors (Lipinski definition) is 0. The predicted molar refractivity (Wildman–Crippen MR) is 217 cm³/mol. The number of nitrogens with zero attached hydrogens (tertiary/aromatic N) is 4. The van der Waals surface area contributed by atoms with Crippen LogP contribution < -0.4 is 0 Å². The van der Waals surface area contributed by atoms with Crippen LogP contribution in [0.1, 0.15) is 0 Å². The average Bonchev–Trinajstić information content (AvgIpc) is 3.73. The van der Waals surface area contributed by atoms with E-state index >= 15 is 0 Å². The largest absolute Gasteiger partial charge is 0.309 e. The summed E-state index contributed by atoms with van der Waals surface area (Å²) in [6, 6.07) is 64.8. The number of hydrogen-bond acceptors (Lipinski definition) is 2. The van der Waals surface area contributed by atoms with Crippen LogP contribution in [0.25, 0.3) is 99.3 Å². The van der Waals surface area contributed by atoms with Gasteiger partial charge in [0.15, 0.2) is 5.82 Å². The maximum atomic E-state index is 5.19. The van der Waals surface area contributed by atoms with E-state index in [4.69, 9.17) is 9.97 Å². The molecule has 0 unspecified atom stereocenters. The highest BCUT2D eigenvalue weighted by atomic mass is 15.0. The molecule has 0 aliphatic heterocycles. The SMILES string of the molecule is c1ccc(-c2nc(-c3cccc(-n4c5ccccc5c5c6c7ccccc7n(-c7cccc8ccccc78)c6ccc54)c3)nc3ccccc23)cc1. The summed E-state index contributed by atoms with van der Waals surface area (Å²) in [4.78, 5) is 10.3. The molecular formula is C48H30N4. The monoisotopic (exact) mass is 662 g/mol. The smallest absolute Gasteiger partial charge is 0.160 e. The van der Waals surface area contributed by atoms with Crippen LogP contribution in [0, 0.1) is 0 Å². The van der Waals surface area contributed by atoms with Crippen molar-refractivity contribution in [3.8, 4) is 34.0 Å². The highest BCUT2D eigenvalue weighted by molar-refractivity contribution is 6.29. The molecule has 3 heterocycles. The van der Waals surface area contributed by atoms with E-state index in [1.54, 1.807) is 0 Å². The van der Waals surface area contributed by atoms with Gasteiger partial charge in [-0.2, -0.15) is 0 Å². The van der Waals surface area contributed by atoms with Crippen molar-refractivity contribution in [1.82, 2.24) is 19.1 Å². The van der Waals surface area contributed by atoms with Gasteiger partial charge in [0.25, 0.3) is 0 Å². The summed E-state index contributed by atoms with van der Waals surface area (Å²) < 4.78 is 4.84. The van der Waals surface area contributed by atoms with Crippen LogP contribution in [0.15, 0.2) is 182 Å². The zero-order valence-electron chi connectivity index (χ0n) is 28.1. The lowest BCUT2D eigenvalue weighted by Crippen LogP contribution is -1.98. The lowest BCUT2D eigenvalue weighted by Gasteiger charge is -2.13. The lowest BCUT2D eigenvalue weighted by atomic mass is 10.1. The zero-order chi connectivity index (χ0) is 34.2. The van der Waals surface area contributed by atoms with E-state index in [9.17, 15) is 0 Å². The van der Waals surface area contributed by atoms with Gasteiger partial charge >= 0.3 is 0 Å². The van der Waals surface area contributed by atoms with Gasteiger partial charge in [0, 0.05) is 49.1 Å². The van der Waals surface area contributed by atoms with Crippen LogP contribution in [-0.4, -0.2) is 19.1 Å².